The highest BCUT2D eigenvalue weighted by Crippen LogP contribution is 2.42. The molecule has 2 nitrogen and oxygen atoms in total. The Hall–Kier alpha value is -0.780. The largest absolute Gasteiger partial charge is 0.493 e. The number of ether oxygens (including phenoxy) is 2. The van der Waals surface area contributed by atoms with Crippen molar-refractivity contribution in [3.63, 3.8) is 0 Å². The Balaban J connectivity index is 2.50. The Morgan fingerprint density at radius 2 is 1.52 bits per heavy atom. The molecule has 0 spiro atoms. The molecule has 0 fully saturated rings. The van der Waals surface area contributed by atoms with Crippen molar-refractivity contribution < 1.29 is 13.9 Å². The minimum absolute atomic E-state index is 0.319. The van der Waals surface area contributed by atoms with Gasteiger partial charge >= 0.3 is 0 Å². The van der Waals surface area contributed by atoms with Gasteiger partial charge < -0.3 is 9.47 Å². The van der Waals surface area contributed by atoms with Crippen molar-refractivity contribution in [1.29, 1.82) is 0 Å². The molecule has 0 heterocycles. The van der Waals surface area contributed by atoms with Crippen molar-refractivity contribution in [3.8, 4) is 11.5 Å². The highest BCUT2D eigenvalue weighted by Gasteiger charge is 2.20. The van der Waals surface area contributed by atoms with E-state index < -0.39 is 5.38 Å². The number of hydrogen-bond donors (Lipinski definition) is 0. The summed E-state index contributed by atoms with van der Waals surface area (Å²) in [6, 6.07) is 8.01. The van der Waals surface area contributed by atoms with E-state index in [9.17, 15) is 4.39 Å². The molecule has 2 rings (SSSR count). The highest BCUT2D eigenvalue weighted by atomic mass is 79.9. The Labute approximate surface area is 144 Å². The fraction of sp³-hybridized carbons (Fsp3) is 0.200. The van der Waals surface area contributed by atoms with Gasteiger partial charge in [-0.05, 0) is 35.4 Å². The van der Waals surface area contributed by atoms with Crippen LogP contribution in [0.25, 0.3) is 0 Å². The first-order valence-electron chi connectivity index (χ1n) is 5.98. The third kappa shape index (κ3) is 3.52. The maximum absolute atomic E-state index is 13.2. The molecule has 0 saturated heterocycles. The van der Waals surface area contributed by atoms with Crippen molar-refractivity contribution in [2.24, 2.45) is 0 Å². The van der Waals surface area contributed by atoms with Crippen LogP contribution >= 0.6 is 43.5 Å². The molecule has 0 aliphatic carbocycles. The maximum atomic E-state index is 13.2. The molecular formula is C15H12Br2ClFO2. The van der Waals surface area contributed by atoms with Gasteiger partial charge in [-0.1, -0.05) is 37.9 Å². The number of hydrogen-bond acceptors (Lipinski definition) is 2. The number of alkyl halides is 1. The van der Waals surface area contributed by atoms with E-state index in [4.69, 9.17) is 21.1 Å². The lowest BCUT2D eigenvalue weighted by Gasteiger charge is -2.17. The third-order valence-corrected chi connectivity index (χ3v) is 4.86. The predicted octanol–water partition coefficient (Wildman–Crippen LogP) is 5.70. The fourth-order valence-corrected chi connectivity index (χ4v) is 3.70. The van der Waals surface area contributed by atoms with E-state index in [1.54, 1.807) is 32.4 Å². The second kappa shape index (κ2) is 6.99. The molecule has 0 aliphatic heterocycles. The molecule has 0 N–H and O–H groups in total. The van der Waals surface area contributed by atoms with Crippen LogP contribution in [0, 0.1) is 5.82 Å². The molecule has 1 unspecified atom stereocenters. The van der Waals surface area contributed by atoms with Crippen LogP contribution in [0.1, 0.15) is 16.5 Å². The summed E-state index contributed by atoms with van der Waals surface area (Å²) in [5.74, 6) is 0.871. The minimum Gasteiger partial charge on any atom is -0.493 e. The van der Waals surface area contributed by atoms with E-state index in [-0.39, 0.29) is 5.82 Å². The highest BCUT2D eigenvalue weighted by molar-refractivity contribution is 9.10. The Morgan fingerprint density at radius 1 is 0.952 bits per heavy atom. The Kier molecular flexibility index (Phi) is 5.52. The summed E-state index contributed by atoms with van der Waals surface area (Å²) >= 11 is 13.4. The van der Waals surface area contributed by atoms with Crippen LogP contribution in [0.2, 0.25) is 0 Å². The number of methoxy groups -OCH3 is 2. The first-order valence-corrected chi connectivity index (χ1v) is 8.00. The first kappa shape index (κ1) is 16.6. The van der Waals surface area contributed by atoms with Gasteiger partial charge in [0.2, 0.25) is 0 Å². The molecule has 0 bridgehead atoms. The zero-order valence-electron chi connectivity index (χ0n) is 11.3. The topological polar surface area (TPSA) is 18.5 Å². The van der Waals surface area contributed by atoms with Crippen LogP contribution < -0.4 is 9.47 Å². The van der Waals surface area contributed by atoms with Gasteiger partial charge in [-0.15, -0.1) is 11.6 Å². The summed E-state index contributed by atoms with van der Waals surface area (Å²) in [6.45, 7) is 0. The van der Waals surface area contributed by atoms with Gasteiger partial charge in [0.1, 0.15) is 5.82 Å². The van der Waals surface area contributed by atoms with Crippen LogP contribution in [0.15, 0.2) is 39.3 Å². The van der Waals surface area contributed by atoms with Crippen LogP contribution in [-0.2, 0) is 0 Å². The van der Waals surface area contributed by atoms with Gasteiger partial charge in [0, 0.05) is 8.95 Å². The maximum Gasteiger partial charge on any atom is 0.161 e. The first-order chi connectivity index (χ1) is 9.97. The van der Waals surface area contributed by atoms with E-state index in [0.717, 1.165) is 15.6 Å². The lowest BCUT2D eigenvalue weighted by molar-refractivity contribution is 0.354. The van der Waals surface area contributed by atoms with Gasteiger partial charge in [-0.3, -0.25) is 0 Å². The molecular weight excluding hydrogens is 426 g/mol. The monoisotopic (exact) mass is 436 g/mol. The zero-order valence-corrected chi connectivity index (χ0v) is 15.2. The molecule has 0 amide bonds. The zero-order chi connectivity index (χ0) is 15.6. The van der Waals surface area contributed by atoms with Crippen LogP contribution in [0.4, 0.5) is 4.39 Å². The lowest BCUT2D eigenvalue weighted by Crippen LogP contribution is -1.99. The number of rotatable bonds is 4. The molecule has 0 aliphatic rings. The average Bonchev–Trinajstić information content (AvgIpc) is 2.46. The van der Waals surface area contributed by atoms with Gasteiger partial charge in [0.15, 0.2) is 11.5 Å². The van der Waals surface area contributed by atoms with Crippen molar-refractivity contribution in [2.45, 2.75) is 5.38 Å². The molecule has 2 aromatic rings. The Bertz CT molecular complexity index is 664. The summed E-state index contributed by atoms with van der Waals surface area (Å²) in [5, 5.41) is -0.464. The van der Waals surface area contributed by atoms with E-state index in [2.05, 4.69) is 31.9 Å². The minimum atomic E-state index is -0.464. The van der Waals surface area contributed by atoms with E-state index in [1.807, 2.05) is 0 Å². The number of benzene rings is 2. The quantitative estimate of drug-likeness (QED) is 0.571. The van der Waals surface area contributed by atoms with Crippen molar-refractivity contribution in [2.75, 3.05) is 14.2 Å². The molecule has 21 heavy (non-hydrogen) atoms. The normalized spacial score (nSPS) is 12.1. The predicted molar refractivity (Wildman–Crippen MR) is 89.0 cm³/mol. The van der Waals surface area contributed by atoms with Crippen molar-refractivity contribution in [3.05, 3.63) is 56.2 Å². The standard InChI is InChI=1S/C15H12Br2ClFO2/c1-20-13-6-10(12(17)7-14(13)21-2)15(18)9-4-3-8(19)5-11(9)16/h3-7,15H,1-2H3. The van der Waals surface area contributed by atoms with E-state index in [1.165, 1.54) is 12.1 Å². The lowest BCUT2D eigenvalue weighted by atomic mass is 10.0. The van der Waals surface area contributed by atoms with Crippen LogP contribution in [0.3, 0.4) is 0 Å². The summed E-state index contributed by atoms with van der Waals surface area (Å²) < 4.78 is 25.1. The fourth-order valence-electron chi connectivity index (χ4n) is 1.94. The summed E-state index contributed by atoms with van der Waals surface area (Å²) in [4.78, 5) is 0. The van der Waals surface area contributed by atoms with Gasteiger partial charge in [0.05, 0.1) is 19.6 Å². The van der Waals surface area contributed by atoms with Crippen molar-refractivity contribution in [1.82, 2.24) is 0 Å². The molecule has 0 radical (unpaired) electrons. The smallest absolute Gasteiger partial charge is 0.161 e. The molecule has 0 saturated carbocycles. The second-order valence-corrected chi connectivity index (χ2v) is 6.40. The van der Waals surface area contributed by atoms with E-state index >= 15 is 0 Å². The third-order valence-electron chi connectivity index (χ3n) is 3.01. The van der Waals surface area contributed by atoms with E-state index in [0.29, 0.717) is 16.0 Å². The molecule has 0 aromatic heterocycles. The average molecular weight is 439 g/mol. The Morgan fingerprint density at radius 3 is 2.10 bits per heavy atom. The van der Waals surface area contributed by atoms with Crippen molar-refractivity contribution >= 4 is 43.5 Å². The van der Waals surface area contributed by atoms with Crippen LogP contribution in [-0.4, -0.2) is 14.2 Å². The van der Waals surface area contributed by atoms with Crippen LogP contribution in [0.5, 0.6) is 11.5 Å². The molecule has 1 atom stereocenters. The molecule has 6 heteroatoms. The molecule has 2 aromatic carbocycles. The SMILES string of the molecule is COc1cc(Br)c(C(Cl)c2ccc(F)cc2Br)cc1OC. The molecule has 112 valence electrons. The van der Waals surface area contributed by atoms with Gasteiger partial charge in [0.25, 0.3) is 0 Å². The number of halogens is 4. The second-order valence-electron chi connectivity index (χ2n) is 4.26. The van der Waals surface area contributed by atoms with Gasteiger partial charge in [-0.25, -0.2) is 4.39 Å². The summed E-state index contributed by atoms with van der Waals surface area (Å²) in [5.41, 5.74) is 1.58. The summed E-state index contributed by atoms with van der Waals surface area (Å²) in [6.07, 6.45) is 0. The summed E-state index contributed by atoms with van der Waals surface area (Å²) in [7, 11) is 3.13. The van der Waals surface area contributed by atoms with Gasteiger partial charge in [-0.2, -0.15) is 0 Å².